The summed E-state index contributed by atoms with van der Waals surface area (Å²) in [5.41, 5.74) is 1.41. The van der Waals surface area contributed by atoms with Crippen molar-refractivity contribution >= 4 is 0 Å². The van der Waals surface area contributed by atoms with Crippen LogP contribution >= 0.6 is 0 Å². The van der Waals surface area contributed by atoms with Gasteiger partial charge in [-0.2, -0.15) is 0 Å². The Hall–Kier alpha value is -0.860. The van der Waals surface area contributed by atoms with E-state index in [0.717, 1.165) is 12.6 Å². The van der Waals surface area contributed by atoms with Gasteiger partial charge >= 0.3 is 0 Å². The first-order valence-electron chi connectivity index (χ1n) is 6.65. The van der Waals surface area contributed by atoms with Crippen molar-refractivity contribution in [1.82, 2.24) is 9.80 Å². The van der Waals surface area contributed by atoms with Gasteiger partial charge in [0.1, 0.15) is 0 Å². The van der Waals surface area contributed by atoms with Crippen molar-refractivity contribution in [2.45, 2.75) is 38.9 Å². The van der Waals surface area contributed by atoms with E-state index in [0.29, 0.717) is 6.04 Å². The number of benzene rings is 1. The first-order chi connectivity index (χ1) is 8.16. The number of rotatable bonds is 4. The van der Waals surface area contributed by atoms with Crippen molar-refractivity contribution < 1.29 is 0 Å². The van der Waals surface area contributed by atoms with Gasteiger partial charge in [-0.05, 0) is 32.9 Å². The number of nitrogens with zero attached hydrogens (tertiary/aromatic N) is 2. The van der Waals surface area contributed by atoms with Crippen molar-refractivity contribution in [2.75, 3.05) is 20.1 Å². The van der Waals surface area contributed by atoms with Gasteiger partial charge in [0.15, 0.2) is 0 Å². The average molecular weight is 232 g/mol. The fourth-order valence-corrected chi connectivity index (χ4v) is 2.60. The van der Waals surface area contributed by atoms with Crippen LogP contribution < -0.4 is 0 Å². The highest BCUT2D eigenvalue weighted by Gasteiger charge is 2.26. The largest absolute Gasteiger partial charge is 0.299 e. The first-order valence-corrected chi connectivity index (χ1v) is 6.65. The zero-order valence-electron chi connectivity index (χ0n) is 11.3. The molecular weight excluding hydrogens is 208 g/mol. The summed E-state index contributed by atoms with van der Waals surface area (Å²) < 4.78 is 0. The molecule has 1 aliphatic heterocycles. The highest BCUT2D eigenvalue weighted by atomic mass is 15.2. The monoisotopic (exact) mass is 232 g/mol. The van der Waals surface area contributed by atoms with Crippen molar-refractivity contribution in [3.63, 3.8) is 0 Å². The van der Waals surface area contributed by atoms with Crippen LogP contribution in [0.1, 0.15) is 25.8 Å². The molecule has 0 radical (unpaired) electrons. The van der Waals surface area contributed by atoms with E-state index in [1.54, 1.807) is 0 Å². The lowest BCUT2D eigenvalue weighted by atomic mass is 10.1. The van der Waals surface area contributed by atoms with Crippen LogP contribution in [-0.4, -0.2) is 42.0 Å². The van der Waals surface area contributed by atoms with Gasteiger partial charge in [-0.3, -0.25) is 9.80 Å². The summed E-state index contributed by atoms with van der Waals surface area (Å²) in [6.07, 6.45) is 1.31. The van der Waals surface area contributed by atoms with Gasteiger partial charge in [-0.15, -0.1) is 0 Å². The maximum absolute atomic E-state index is 2.58. The minimum absolute atomic E-state index is 0.685. The van der Waals surface area contributed by atoms with Gasteiger partial charge in [0.25, 0.3) is 0 Å². The number of likely N-dealkylation sites (tertiary alicyclic amines) is 1. The summed E-state index contributed by atoms with van der Waals surface area (Å²) >= 11 is 0. The van der Waals surface area contributed by atoms with Crippen LogP contribution in [-0.2, 0) is 6.54 Å². The predicted molar refractivity (Wildman–Crippen MR) is 73.0 cm³/mol. The highest BCUT2D eigenvalue weighted by molar-refractivity contribution is 5.14. The van der Waals surface area contributed by atoms with Crippen molar-refractivity contribution in [2.24, 2.45) is 0 Å². The maximum Gasteiger partial charge on any atom is 0.0235 e. The summed E-state index contributed by atoms with van der Waals surface area (Å²) in [7, 11) is 2.25. The van der Waals surface area contributed by atoms with Crippen molar-refractivity contribution in [1.29, 1.82) is 0 Å². The number of hydrogen-bond donors (Lipinski definition) is 0. The molecule has 0 amide bonds. The SMILES string of the molecule is CC(C)N1CCC(N(C)Cc2ccccc2)C1. The Labute approximate surface area is 105 Å². The molecule has 1 fully saturated rings. The molecule has 0 aliphatic carbocycles. The lowest BCUT2D eigenvalue weighted by Gasteiger charge is -2.26. The molecule has 1 heterocycles. The van der Waals surface area contributed by atoms with Crippen LogP contribution in [0.2, 0.25) is 0 Å². The van der Waals surface area contributed by atoms with Crippen molar-refractivity contribution in [3.05, 3.63) is 35.9 Å². The minimum atomic E-state index is 0.685. The Kier molecular flexibility index (Phi) is 4.19. The second kappa shape index (κ2) is 5.65. The third-order valence-electron chi connectivity index (χ3n) is 3.82. The highest BCUT2D eigenvalue weighted by Crippen LogP contribution is 2.18. The molecule has 2 heteroatoms. The summed E-state index contributed by atoms with van der Waals surface area (Å²) in [4.78, 5) is 5.07. The van der Waals surface area contributed by atoms with Crippen LogP contribution in [0, 0.1) is 0 Å². The van der Waals surface area contributed by atoms with Crippen LogP contribution in [0.25, 0.3) is 0 Å². The Morgan fingerprint density at radius 3 is 2.59 bits per heavy atom. The van der Waals surface area contributed by atoms with E-state index < -0.39 is 0 Å². The van der Waals surface area contributed by atoms with Gasteiger partial charge in [0.05, 0.1) is 0 Å². The van der Waals surface area contributed by atoms with E-state index in [2.05, 4.69) is 61.0 Å². The Morgan fingerprint density at radius 1 is 1.29 bits per heavy atom. The summed E-state index contributed by atoms with van der Waals surface area (Å²) in [5.74, 6) is 0. The number of hydrogen-bond acceptors (Lipinski definition) is 2. The first kappa shape index (κ1) is 12.6. The zero-order valence-corrected chi connectivity index (χ0v) is 11.3. The molecule has 17 heavy (non-hydrogen) atoms. The molecule has 1 atom stereocenters. The lowest BCUT2D eigenvalue weighted by molar-refractivity contribution is 0.208. The lowest BCUT2D eigenvalue weighted by Crippen LogP contribution is -2.36. The molecule has 0 spiro atoms. The normalized spacial score (nSPS) is 21.6. The molecule has 1 saturated heterocycles. The van der Waals surface area contributed by atoms with Crippen LogP contribution in [0.4, 0.5) is 0 Å². The average Bonchev–Trinajstić information content (AvgIpc) is 2.79. The van der Waals surface area contributed by atoms with E-state index in [1.807, 2.05) is 0 Å². The molecular formula is C15H24N2. The summed E-state index contributed by atoms with van der Waals surface area (Å²) in [5, 5.41) is 0. The fourth-order valence-electron chi connectivity index (χ4n) is 2.60. The Balaban J connectivity index is 1.87. The Morgan fingerprint density at radius 2 is 2.00 bits per heavy atom. The molecule has 1 aromatic carbocycles. The fraction of sp³-hybridized carbons (Fsp3) is 0.600. The molecule has 94 valence electrons. The van der Waals surface area contributed by atoms with Crippen molar-refractivity contribution in [3.8, 4) is 0 Å². The van der Waals surface area contributed by atoms with E-state index in [4.69, 9.17) is 0 Å². The smallest absolute Gasteiger partial charge is 0.0235 e. The topological polar surface area (TPSA) is 6.48 Å². The van der Waals surface area contributed by atoms with E-state index in [9.17, 15) is 0 Å². The zero-order chi connectivity index (χ0) is 12.3. The predicted octanol–water partition coefficient (Wildman–Crippen LogP) is 2.60. The van der Waals surface area contributed by atoms with Crippen LogP contribution in [0.5, 0.6) is 0 Å². The molecule has 1 aromatic rings. The second-order valence-electron chi connectivity index (χ2n) is 5.43. The molecule has 2 nitrogen and oxygen atoms in total. The molecule has 2 rings (SSSR count). The summed E-state index contributed by atoms with van der Waals surface area (Å²) in [6, 6.07) is 12.2. The summed E-state index contributed by atoms with van der Waals surface area (Å²) in [6.45, 7) is 8.12. The molecule has 0 aromatic heterocycles. The third kappa shape index (κ3) is 3.30. The molecule has 1 aliphatic rings. The third-order valence-corrected chi connectivity index (χ3v) is 3.82. The molecule has 1 unspecified atom stereocenters. The van der Waals surface area contributed by atoms with Gasteiger partial charge in [0, 0.05) is 31.7 Å². The second-order valence-corrected chi connectivity index (χ2v) is 5.43. The van der Waals surface area contributed by atoms with Gasteiger partial charge in [-0.25, -0.2) is 0 Å². The minimum Gasteiger partial charge on any atom is -0.299 e. The van der Waals surface area contributed by atoms with Crippen LogP contribution in [0.15, 0.2) is 30.3 Å². The standard InChI is InChI=1S/C15H24N2/c1-13(2)17-10-9-15(12-17)16(3)11-14-7-5-4-6-8-14/h4-8,13,15H,9-12H2,1-3H3. The Bertz CT molecular complexity index is 334. The molecule has 0 saturated carbocycles. The van der Waals surface area contributed by atoms with Gasteiger partial charge in [0.2, 0.25) is 0 Å². The van der Waals surface area contributed by atoms with E-state index >= 15 is 0 Å². The van der Waals surface area contributed by atoms with E-state index in [1.165, 1.54) is 25.1 Å². The molecule has 0 bridgehead atoms. The van der Waals surface area contributed by atoms with Crippen LogP contribution in [0.3, 0.4) is 0 Å². The van der Waals surface area contributed by atoms with Gasteiger partial charge < -0.3 is 0 Å². The maximum atomic E-state index is 2.58. The van der Waals surface area contributed by atoms with E-state index in [-0.39, 0.29) is 0 Å². The quantitative estimate of drug-likeness (QED) is 0.787. The molecule has 0 N–H and O–H groups in total. The van der Waals surface area contributed by atoms with Gasteiger partial charge in [-0.1, -0.05) is 30.3 Å². The number of likely N-dealkylation sites (N-methyl/N-ethyl adjacent to an activating group) is 1.